The molecule has 1 fully saturated rings. The molecule has 1 aliphatic rings. The van der Waals surface area contributed by atoms with Crippen molar-refractivity contribution in [1.82, 2.24) is 0 Å². The van der Waals surface area contributed by atoms with Gasteiger partial charge in [-0.15, -0.1) is 0 Å². The first-order chi connectivity index (χ1) is 8.84. The van der Waals surface area contributed by atoms with Gasteiger partial charge in [-0.1, -0.05) is 76.6 Å². The van der Waals surface area contributed by atoms with E-state index in [-0.39, 0.29) is 0 Å². The highest BCUT2D eigenvalue weighted by Gasteiger charge is 2.36. The Morgan fingerprint density at radius 1 is 0.944 bits per heavy atom. The molecule has 0 spiro atoms. The van der Waals surface area contributed by atoms with Crippen LogP contribution < -0.4 is 0 Å². The zero-order valence-electron chi connectivity index (χ0n) is 10.1. The fourth-order valence-electron chi connectivity index (χ4n) is 2.36. The van der Waals surface area contributed by atoms with Crippen molar-refractivity contribution < 1.29 is 0 Å². The maximum absolute atomic E-state index is 3.64. The van der Waals surface area contributed by atoms with E-state index in [2.05, 4.69) is 82.7 Å². The fourth-order valence-corrected chi connectivity index (χ4v) is 2.94. The van der Waals surface area contributed by atoms with Crippen molar-refractivity contribution in [3.8, 4) is 0 Å². The lowest BCUT2D eigenvalue weighted by Crippen LogP contribution is -1.82. The lowest BCUT2D eigenvalue weighted by Gasteiger charge is -2.01. The lowest BCUT2D eigenvalue weighted by atomic mass is 10.1. The molecule has 2 atom stereocenters. The minimum atomic E-state index is 0.695. The number of halogens is 1. The van der Waals surface area contributed by atoms with Gasteiger partial charge in [0.25, 0.3) is 0 Å². The topological polar surface area (TPSA) is 0 Å². The van der Waals surface area contributed by atoms with Crippen LogP contribution in [0.15, 0.2) is 65.1 Å². The standard InChI is InChI=1S/C17H15Br/c18-17-9-5-4-8-15(17)16-12-14(16)11-10-13-6-2-1-3-7-13/h1-11,14,16H,12H2/b11-10+/t14-,16+/m0/s1. The normalized spacial score (nSPS) is 22.3. The maximum atomic E-state index is 3.64. The molecule has 0 N–H and O–H groups in total. The van der Waals surface area contributed by atoms with Crippen LogP contribution in [0.3, 0.4) is 0 Å². The number of rotatable bonds is 3. The molecule has 0 unspecified atom stereocenters. The molecule has 3 rings (SSSR count). The molecule has 0 saturated heterocycles. The van der Waals surface area contributed by atoms with Crippen molar-refractivity contribution in [2.45, 2.75) is 12.3 Å². The van der Waals surface area contributed by atoms with Gasteiger partial charge in [-0.2, -0.15) is 0 Å². The smallest absolute Gasteiger partial charge is 0.0210 e. The number of hydrogen-bond acceptors (Lipinski definition) is 0. The van der Waals surface area contributed by atoms with Gasteiger partial charge >= 0.3 is 0 Å². The molecule has 1 saturated carbocycles. The molecule has 0 radical (unpaired) electrons. The van der Waals surface area contributed by atoms with Gasteiger partial charge in [0.15, 0.2) is 0 Å². The summed E-state index contributed by atoms with van der Waals surface area (Å²) in [5, 5.41) is 0. The van der Waals surface area contributed by atoms with E-state index < -0.39 is 0 Å². The molecule has 90 valence electrons. The van der Waals surface area contributed by atoms with Crippen molar-refractivity contribution in [3.63, 3.8) is 0 Å². The summed E-state index contributed by atoms with van der Waals surface area (Å²) in [6.07, 6.45) is 5.85. The van der Waals surface area contributed by atoms with Gasteiger partial charge in [-0.05, 0) is 35.4 Å². The van der Waals surface area contributed by atoms with Gasteiger partial charge < -0.3 is 0 Å². The van der Waals surface area contributed by atoms with Crippen LogP contribution in [-0.4, -0.2) is 0 Å². The summed E-state index contributed by atoms with van der Waals surface area (Å²) in [5.41, 5.74) is 2.73. The van der Waals surface area contributed by atoms with Crippen molar-refractivity contribution in [3.05, 3.63) is 76.3 Å². The van der Waals surface area contributed by atoms with Gasteiger partial charge in [0, 0.05) is 4.47 Å². The molecule has 1 heteroatoms. The van der Waals surface area contributed by atoms with E-state index in [1.54, 1.807) is 0 Å². The van der Waals surface area contributed by atoms with Gasteiger partial charge in [0.05, 0.1) is 0 Å². The Labute approximate surface area is 116 Å². The van der Waals surface area contributed by atoms with Crippen LogP contribution in [0.2, 0.25) is 0 Å². The number of allylic oxidation sites excluding steroid dienone is 1. The summed E-state index contributed by atoms with van der Waals surface area (Å²) in [5.74, 6) is 1.39. The first-order valence-corrected chi connectivity index (χ1v) is 7.11. The van der Waals surface area contributed by atoms with Crippen molar-refractivity contribution >= 4 is 22.0 Å². The van der Waals surface area contributed by atoms with Crippen LogP contribution in [0.1, 0.15) is 23.5 Å². The van der Waals surface area contributed by atoms with Crippen LogP contribution in [0, 0.1) is 5.92 Å². The maximum Gasteiger partial charge on any atom is 0.0210 e. The summed E-state index contributed by atoms with van der Waals surface area (Å²) in [6, 6.07) is 19.1. The third kappa shape index (κ3) is 2.56. The summed E-state index contributed by atoms with van der Waals surface area (Å²) < 4.78 is 1.24. The molecule has 0 aromatic heterocycles. The van der Waals surface area contributed by atoms with Crippen molar-refractivity contribution in [1.29, 1.82) is 0 Å². The van der Waals surface area contributed by atoms with E-state index in [0.717, 1.165) is 0 Å². The predicted octanol–water partition coefficient (Wildman–Crippen LogP) is 5.27. The summed E-state index contributed by atoms with van der Waals surface area (Å²) in [6.45, 7) is 0. The quantitative estimate of drug-likeness (QED) is 0.724. The fraction of sp³-hybridized carbons (Fsp3) is 0.176. The Morgan fingerprint density at radius 2 is 1.67 bits per heavy atom. The van der Waals surface area contributed by atoms with E-state index in [0.29, 0.717) is 11.8 Å². The van der Waals surface area contributed by atoms with E-state index in [4.69, 9.17) is 0 Å². The van der Waals surface area contributed by atoms with E-state index in [1.807, 2.05) is 0 Å². The number of benzene rings is 2. The number of hydrogen-bond donors (Lipinski definition) is 0. The van der Waals surface area contributed by atoms with Gasteiger partial charge in [0.1, 0.15) is 0 Å². The Morgan fingerprint density at radius 3 is 2.44 bits per heavy atom. The van der Waals surface area contributed by atoms with Crippen molar-refractivity contribution in [2.24, 2.45) is 5.92 Å². The average Bonchev–Trinajstić information content (AvgIpc) is 3.18. The molecule has 1 aliphatic carbocycles. The molecule has 2 aromatic carbocycles. The predicted molar refractivity (Wildman–Crippen MR) is 80.5 cm³/mol. The summed E-state index contributed by atoms with van der Waals surface area (Å²) >= 11 is 3.64. The Kier molecular flexibility index (Phi) is 3.33. The summed E-state index contributed by atoms with van der Waals surface area (Å²) in [7, 11) is 0. The van der Waals surface area contributed by atoms with Gasteiger partial charge in [-0.3, -0.25) is 0 Å². The third-order valence-corrected chi connectivity index (χ3v) is 4.20. The highest BCUT2D eigenvalue weighted by molar-refractivity contribution is 9.10. The van der Waals surface area contributed by atoms with E-state index >= 15 is 0 Å². The second kappa shape index (κ2) is 5.11. The monoisotopic (exact) mass is 298 g/mol. The molecule has 0 aliphatic heterocycles. The molecule has 0 bridgehead atoms. The average molecular weight is 299 g/mol. The SMILES string of the molecule is Brc1ccccc1[C@@H]1C[C@@H]1/C=C/c1ccccc1. The van der Waals surface area contributed by atoms with Crippen LogP contribution >= 0.6 is 15.9 Å². The van der Waals surface area contributed by atoms with Crippen LogP contribution in [0.5, 0.6) is 0 Å². The Balaban J connectivity index is 1.69. The molecule has 2 aromatic rings. The Hall–Kier alpha value is -1.34. The molecule has 0 nitrogen and oxygen atoms in total. The molecule has 0 heterocycles. The van der Waals surface area contributed by atoms with Crippen molar-refractivity contribution in [2.75, 3.05) is 0 Å². The zero-order valence-corrected chi connectivity index (χ0v) is 11.7. The highest BCUT2D eigenvalue weighted by Crippen LogP contribution is 2.50. The minimum absolute atomic E-state index is 0.695. The molecule has 18 heavy (non-hydrogen) atoms. The summed E-state index contributed by atoms with van der Waals surface area (Å²) in [4.78, 5) is 0. The van der Waals surface area contributed by atoms with Gasteiger partial charge in [-0.25, -0.2) is 0 Å². The van der Waals surface area contributed by atoms with E-state index in [9.17, 15) is 0 Å². The zero-order chi connectivity index (χ0) is 12.4. The second-order valence-corrected chi connectivity index (χ2v) is 5.65. The third-order valence-electron chi connectivity index (χ3n) is 3.48. The molecular formula is C17H15Br. The Bertz CT molecular complexity index is 557. The molecular weight excluding hydrogens is 284 g/mol. The first-order valence-electron chi connectivity index (χ1n) is 6.32. The van der Waals surface area contributed by atoms with Crippen LogP contribution in [0.4, 0.5) is 0 Å². The van der Waals surface area contributed by atoms with E-state index in [1.165, 1.54) is 22.0 Å². The largest absolute Gasteiger partial charge is 0.0802 e. The lowest BCUT2D eigenvalue weighted by molar-refractivity contribution is 1.01. The van der Waals surface area contributed by atoms with Gasteiger partial charge in [0.2, 0.25) is 0 Å². The van der Waals surface area contributed by atoms with Crippen LogP contribution in [-0.2, 0) is 0 Å². The molecule has 0 amide bonds. The first kappa shape index (κ1) is 11.7. The van der Waals surface area contributed by atoms with Crippen LogP contribution in [0.25, 0.3) is 6.08 Å². The second-order valence-electron chi connectivity index (χ2n) is 4.80. The highest BCUT2D eigenvalue weighted by atomic mass is 79.9. The minimum Gasteiger partial charge on any atom is -0.0802 e.